The van der Waals surface area contributed by atoms with Crippen LogP contribution >= 0.6 is 23.1 Å². The molecule has 31 heavy (non-hydrogen) atoms. The predicted octanol–water partition coefficient (Wildman–Crippen LogP) is 0.794. The lowest BCUT2D eigenvalue weighted by atomic mass is 10.2. The summed E-state index contributed by atoms with van der Waals surface area (Å²) in [6, 6.07) is 12.5. The van der Waals surface area contributed by atoms with Crippen LogP contribution in [-0.2, 0) is 13.1 Å². The molecule has 0 saturated heterocycles. The van der Waals surface area contributed by atoms with E-state index in [0.29, 0.717) is 6.54 Å². The van der Waals surface area contributed by atoms with E-state index in [-0.39, 0.29) is 30.0 Å². The Morgan fingerprint density at radius 3 is 2.45 bits per heavy atom. The van der Waals surface area contributed by atoms with Crippen molar-refractivity contribution in [3.63, 3.8) is 0 Å². The van der Waals surface area contributed by atoms with E-state index in [1.165, 1.54) is 17.7 Å². The normalized spacial score (nSPS) is 14.8. The molecule has 166 valence electrons. The Kier molecular flexibility index (Phi) is 9.15. The molecular formula is C24H30BrN3OS2. The van der Waals surface area contributed by atoms with Crippen LogP contribution in [0.25, 0.3) is 11.1 Å². The first-order valence-electron chi connectivity index (χ1n) is 10.1. The van der Waals surface area contributed by atoms with Crippen LogP contribution in [0, 0.1) is 0 Å². The topological polar surface area (TPSA) is 29.1 Å². The maximum Gasteiger partial charge on any atom is 0.271 e. The van der Waals surface area contributed by atoms with Gasteiger partial charge in [0.2, 0.25) is 0 Å². The molecule has 1 aromatic carbocycles. The van der Waals surface area contributed by atoms with E-state index in [9.17, 15) is 4.79 Å². The Balaban J connectivity index is 0.00000171. The fourth-order valence-electron chi connectivity index (χ4n) is 3.47. The number of para-hydroxylation sites is 1. The fourth-order valence-corrected chi connectivity index (χ4v) is 5.94. The number of hydrogen-bond donors (Lipinski definition) is 0. The highest BCUT2D eigenvalue weighted by Gasteiger charge is 2.24. The minimum Gasteiger partial charge on any atom is -1.00 e. The minimum absolute atomic E-state index is 0. The number of aryl methyl sites for hydroxylation is 1. The Morgan fingerprint density at radius 2 is 1.81 bits per heavy atom. The van der Waals surface area contributed by atoms with Crippen LogP contribution < -0.4 is 41.2 Å². The van der Waals surface area contributed by atoms with Gasteiger partial charge in [0, 0.05) is 37.0 Å². The summed E-state index contributed by atoms with van der Waals surface area (Å²) in [5, 5.41) is 1.02. The minimum atomic E-state index is 0. The highest BCUT2D eigenvalue weighted by Crippen LogP contribution is 2.44. The predicted molar refractivity (Wildman–Crippen MR) is 129 cm³/mol. The third-order valence-corrected chi connectivity index (χ3v) is 7.62. The summed E-state index contributed by atoms with van der Waals surface area (Å²) in [5.41, 5.74) is 2.38. The van der Waals surface area contributed by atoms with Crippen LogP contribution in [0.3, 0.4) is 0 Å². The lowest BCUT2D eigenvalue weighted by molar-refractivity contribution is -0.697. The standard InChI is InChI=1S/C23H26N3OS2.CH4.BrH/c1-4-6-13-25-14-11-17(12-15-25)16-20-26(5-2)22(27)21(29-20)23-24(3)18-9-7-8-10-19(18)28-23;;/h7-12,14-16H,4-6,13H2,1-3H3;1H4;1H/q+1;;/p-1/b23-21+;;. The van der Waals surface area contributed by atoms with Gasteiger partial charge in [-0.05, 0) is 30.7 Å². The second-order valence-electron chi connectivity index (χ2n) is 7.12. The zero-order chi connectivity index (χ0) is 20.4. The molecule has 4 nitrogen and oxygen atoms in total. The number of fused-ring (bicyclic) bond motifs is 1. The number of benzene rings is 1. The van der Waals surface area contributed by atoms with E-state index in [4.69, 9.17) is 0 Å². The summed E-state index contributed by atoms with van der Waals surface area (Å²) < 4.78 is 5.90. The molecular weight excluding hydrogens is 490 g/mol. The Morgan fingerprint density at radius 1 is 1.10 bits per heavy atom. The zero-order valence-electron chi connectivity index (χ0n) is 17.5. The van der Waals surface area contributed by atoms with Crippen molar-refractivity contribution in [1.29, 1.82) is 0 Å². The average molecular weight is 521 g/mol. The van der Waals surface area contributed by atoms with Crippen LogP contribution in [0.1, 0.15) is 39.7 Å². The number of unbranched alkanes of at least 4 members (excludes halogenated alkanes) is 1. The van der Waals surface area contributed by atoms with Crippen molar-refractivity contribution in [3.05, 3.63) is 73.9 Å². The molecule has 3 aromatic rings. The van der Waals surface area contributed by atoms with Gasteiger partial charge in [0.25, 0.3) is 5.56 Å². The van der Waals surface area contributed by atoms with E-state index >= 15 is 0 Å². The summed E-state index contributed by atoms with van der Waals surface area (Å²) in [5.74, 6) is 0. The maximum atomic E-state index is 13.2. The molecule has 0 radical (unpaired) electrons. The van der Waals surface area contributed by atoms with Gasteiger partial charge < -0.3 is 21.9 Å². The van der Waals surface area contributed by atoms with Gasteiger partial charge in [-0.3, -0.25) is 9.36 Å². The Hall–Kier alpha value is -1.83. The first-order chi connectivity index (χ1) is 14.1. The van der Waals surface area contributed by atoms with Gasteiger partial charge in [-0.25, -0.2) is 4.57 Å². The quantitative estimate of drug-likeness (QED) is 0.466. The molecule has 0 amide bonds. The largest absolute Gasteiger partial charge is 1.00 e. The van der Waals surface area contributed by atoms with Crippen LogP contribution in [0.4, 0.5) is 5.69 Å². The smallest absolute Gasteiger partial charge is 0.271 e. The lowest BCUT2D eigenvalue weighted by Gasteiger charge is -2.11. The van der Waals surface area contributed by atoms with Gasteiger partial charge in [0.1, 0.15) is 16.1 Å². The fraction of sp³-hybridized carbons (Fsp3) is 0.333. The van der Waals surface area contributed by atoms with Crippen molar-refractivity contribution in [2.24, 2.45) is 0 Å². The van der Waals surface area contributed by atoms with E-state index in [2.05, 4.69) is 59.1 Å². The van der Waals surface area contributed by atoms with Crippen LogP contribution in [0.15, 0.2) is 58.5 Å². The molecule has 0 aliphatic carbocycles. The van der Waals surface area contributed by atoms with Crippen molar-refractivity contribution in [2.75, 3.05) is 11.9 Å². The van der Waals surface area contributed by atoms with E-state index in [1.807, 2.05) is 30.7 Å². The summed E-state index contributed by atoms with van der Waals surface area (Å²) in [7, 11) is 2.04. The molecule has 0 atom stereocenters. The van der Waals surface area contributed by atoms with Crippen LogP contribution in [-0.4, -0.2) is 11.6 Å². The molecule has 2 aromatic heterocycles. The number of rotatable bonds is 5. The van der Waals surface area contributed by atoms with Crippen molar-refractivity contribution < 1.29 is 21.5 Å². The molecule has 4 rings (SSSR count). The van der Waals surface area contributed by atoms with Gasteiger partial charge in [0.05, 0.1) is 10.4 Å². The van der Waals surface area contributed by atoms with E-state index in [0.717, 1.165) is 32.0 Å². The van der Waals surface area contributed by atoms with E-state index in [1.54, 1.807) is 23.1 Å². The van der Waals surface area contributed by atoms with Gasteiger partial charge in [-0.1, -0.05) is 44.7 Å². The highest BCUT2D eigenvalue weighted by molar-refractivity contribution is 8.08. The lowest BCUT2D eigenvalue weighted by Crippen LogP contribution is -3.00. The average Bonchev–Trinajstić information content (AvgIpc) is 3.24. The van der Waals surface area contributed by atoms with Gasteiger partial charge in [-0.2, -0.15) is 0 Å². The Bertz CT molecular complexity index is 1200. The zero-order valence-corrected chi connectivity index (χ0v) is 20.7. The SMILES string of the molecule is C.CCCC[n+]1ccc(/C=c2\s/c(=C3/Sc4ccccc4N3C)c(=O)n2CC)cc1.[Br-]. The van der Waals surface area contributed by atoms with Crippen molar-refractivity contribution in [1.82, 2.24) is 4.57 Å². The highest BCUT2D eigenvalue weighted by atomic mass is 79.9. The number of anilines is 1. The monoisotopic (exact) mass is 519 g/mol. The second-order valence-corrected chi connectivity index (χ2v) is 9.18. The summed E-state index contributed by atoms with van der Waals surface area (Å²) in [6.45, 7) is 5.95. The maximum absolute atomic E-state index is 13.2. The third-order valence-electron chi connectivity index (χ3n) is 5.14. The summed E-state index contributed by atoms with van der Waals surface area (Å²) >= 11 is 3.27. The number of thiazole rings is 1. The molecule has 0 spiro atoms. The number of pyridine rings is 1. The van der Waals surface area contributed by atoms with E-state index < -0.39 is 0 Å². The van der Waals surface area contributed by atoms with Crippen LogP contribution in [0.2, 0.25) is 0 Å². The first-order valence-corrected chi connectivity index (χ1v) is 11.7. The number of halogens is 1. The number of hydrogen-bond acceptors (Lipinski definition) is 4. The Labute approximate surface area is 203 Å². The van der Waals surface area contributed by atoms with Crippen molar-refractivity contribution >= 4 is 39.9 Å². The molecule has 1 aliphatic rings. The molecule has 0 bridgehead atoms. The molecule has 1 aliphatic heterocycles. The summed E-state index contributed by atoms with van der Waals surface area (Å²) in [6.07, 6.45) is 8.74. The molecule has 0 unspecified atom stereocenters. The molecule has 7 heteroatoms. The van der Waals surface area contributed by atoms with Crippen LogP contribution in [0.5, 0.6) is 0 Å². The molecule has 3 heterocycles. The first kappa shape index (κ1) is 25.4. The summed E-state index contributed by atoms with van der Waals surface area (Å²) in [4.78, 5) is 16.5. The number of nitrogens with zero attached hydrogens (tertiary/aromatic N) is 3. The van der Waals surface area contributed by atoms with Gasteiger partial charge in [-0.15, -0.1) is 11.3 Å². The number of thioether (sulfide) groups is 1. The van der Waals surface area contributed by atoms with Gasteiger partial charge >= 0.3 is 0 Å². The molecule has 0 fully saturated rings. The third kappa shape index (κ3) is 5.16. The van der Waals surface area contributed by atoms with Crippen molar-refractivity contribution in [3.8, 4) is 0 Å². The molecule has 0 N–H and O–H groups in total. The van der Waals surface area contributed by atoms with Gasteiger partial charge in [0.15, 0.2) is 12.4 Å². The van der Waals surface area contributed by atoms with Crippen molar-refractivity contribution in [2.45, 2.75) is 52.1 Å². The molecule has 0 saturated carbocycles. The second kappa shape index (κ2) is 11.2. The number of aromatic nitrogens is 2.